The highest BCUT2D eigenvalue weighted by Crippen LogP contribution is 2.16. The van der Waals surface area contributed by atoms with Crippen LogP contribution in [0.2, 0.25) is 5.02 Å². The Hall–Kier alpha value is -2.53. The van der Waals surface area contributed by atoms with E-state index in [0.717, 1.165) is 17.7 Å². The molecule has 0 heterocycles. The standard InChI is InChI=1S/C25H33ClN2O3/c1-4-19(2)27-25(30)20(3)28(17-16-21-9-6-5-7-10-21)24(29)11-8-18-31-23-14-12-22(26)13-15-23/h5-7,9-10,12-15,19-20H,4,8,11,16-18H2,1-3H3,(H,27,30)/t19-,20-/m1/s1. The largest absolute Gasteiger partial charge is 0.494 e. The minimum absolute atomic E-state index is 0.0394. The molecule has 0 saturated heterocycles. The van der Waals surface area contributed by atoms with Crippen molar-refractivity contribution in [3.8, 4) is 5.75 Å². The van der Waals surface area contributed by atoms with Crippen molar-refractivity contribution < 1.29 is 14.3 Å². The Bertz CT molecular complexity index is 811. The van der Waals surface area contributed by atoms with E-state index in [1.807, 2.05) is 44.2 Å². The molecule has 168 valence electrons. The number of amides is 2. The summed E-state index contributed by atoms with van der Waals surface area (Å²) in [4.78, 5) is 27.4. The number of carbonyl (C=O) groups excluding carboxylic acids is 2. The molecular formula is C25H33ClN2O3. The monoisotopic (exact) mass is 444 g/mol. The van der Waals surface area contributed by atoms with Gasteiger partial charge in [0.15, 0.2) is 0 Å². The van der Waals surface area contributed by atoms with Gasteiger partial charge in [0.25, 0.3) is 0 Å². The first-order chi connectivity index (χ1) is 14.9. The zero-order valence-corrected chi connectivity index (χ0v) is 19.4. The summed E-state index contributed by atoms with van der Waals surface area (Å²) < 4.78 is 5.69. The second kappa shape index (κ2) is 13.0. The number of hydrogen-bond acceptors (Lipinski definition) is 3. The molecule has 0 saturated carbocycles. The van der Waals surface area contributed by atoms with Crippen molar-refractivity contribution >= 4 is 23.4 Å². The number of rotatable bonds is 12. The van der Waals surface area contributed by atoms with Gasteiger partial charge in [-0.1, -0.05) is 48.9 Å². The number of hydrogen-bond donors (Lipinski definition) is 1. The molecule has 2 atom stereocenters. The van der Waals surface area contributed by atoms with Gasteiger partial charge in [-0.15, -0.1) is 0 Å². The predicted octanol–water partition coefficient (Wildman–Crippen LogP) is 4.87. The van der Waals surface area contributed by atoms with Gasteiger partial charge < -0.3 is 15.0 Å². The molecule has 0 aliphatic heterocycles. The fraction of sp³-hybridized carbons (Fsp3) is 0.440. The third-order valence-corrected chi connectivity index (χ3v) is 5.52. The van der Waals surface area contributed by atoms with Crippen LogP contribution in [0.4, 0.5) is 0 Å². The maximum atomic E-state index is 13.0. The number of nitrogens with one attached hydrogen (secondary N) is 1. The summed E-state index contributed by atoms with van der Waals surface area (Å²) in [6.07, 6.45) is 2.44. The van der Waals surface area contributed by atoms with Crippen molar-refractivity contribution in [3.63, 3.8) is 0 Å². The van der Waals surface area contributed by atoms with Crippen LogP contribution in [0.15, 0.2) is 54.6 Å². The van der Waals surface area contributed by atoms with E-state index in [4.69, 9.17) is 16.3 Å². The third kappa shape index (κ3) is 8.62. The van der Waals surface area contributed by atoms with Crippen molar-refractivity contribution in [1.82, 2.24) is 10.2 Å². The topological polar surface area (TPSA) is 58.6 Å². The maximum Gasteiger partial charge on any atom is 0.242 e. The van der Waals surface area contributed by atoms with E-state index in [1.165, 1.54) is 0 Å². The predicted molar refractivity (Wildman–Crippen MR) is 125 cm³/mol. The highest BCUT2D eigenvalue weighted by Gasteiger charge is 2.26. The van der Waals surface area contributed by atoms with Gasteiger partial charge in [-0.25, -0.2) is 0 Å². The van der Waals surface area contributed by atoms with Gasteiger partial charge in [0.2, 0.25) is 11.8 Å². The van der Waals surface area contributed by atoms with E-state index in [1.54, 1.807) is 36.1 Å². The molecule has 31 heavy (non-hydrogen) atoms. The highest BCUT2D eigenvalue weighted by atomic mass is 35.5. The third-order valence-electron chi connectivity index (χ3n) is 5.27. The summed E-state index contributed by atoms with van der Waals surface area (Å²) in [6.45, 7) is 6.71. The van der Waals surface area contributed by atoms with Gasteiger partial charge >= 0.3 is 0 Å². The zero-order chi connectivity index (χ0) is 22.6. The van der Waals surface area contributed by atoms with Crippen LogP contribution >= 0.6 is 11.6 Å². The van der Waals surface area contributed by atoms with Crippen LogP contribution in [0, 0.1) is 0 Å². The van der Waals surface area contributed by atoms with Gasteiger partial charge in [0.1, 0.15) is 11.8 Å². The Balaban J connectivity index is 1.93. The molecular weight excluding hydrogens is 412 g/mol. The van der Waals surface area contributed by atoms with E-state index in [0.29, 0.717) is 37.4 Å². The molecule has 0 aromatic heterocycles. The molecule has 5 nitrogen and oxygen atoms in total. The van der Waals surface area contributed by atoms with Gasteiger partial charge in [0.05, 0.1) is 6.61 Å². The zero-order valence-electron chi connectivity index (χ0n) is 18.6. The molecule has 2 amide bonds. The molecule has 6 heteroatoms. The van der Waals surface area contributed by atoms with Crippen LogP contribution in [0.5, 0.6) is 5.75 Å². The SMILES string of the molecule is CC[C@@H](C)NC(=O)[C@@H](C)N(CCc1ccccc1)C(=O)CCCOc1ccc(Cl)cc1. The minimum atomic E-state index is -0.526. The van der Waals surface area contributed by atoms with Gasteiger partial charge in [0, 0.05) is 24.0 Å². The van der Waals surface area contributed by atoms with E-state index in [9.17, 15) is 9.59 Å². The Morgan fingerprint density at radius 1 is 1.06 bits per heavy atom. The Morgan fingerprint density at radius 3 is 2.39 bits per heavy atom. The Kier molecular flexibility index (Phi) is 10.4. The van der Waals surface area contributed by atoms with E-state index in [2.05, 4.69) is 5.32 Å². The van der Waals surface area contributed by atoms with Crippen LogP contribution in [-0.2, 0) is 16.0 Å². The molecule has 0 aliphatic carbocycles. The maximum absolute atomic E-state index is 13.0. The molecule has 0 bridgehead atoms. The van der Waals surface area contributed by atoms with Crippen molar-refractivity contribution in [3.05, 3.63) is 65.2 Å². The average molecular weight is 445 g/mol. The number of carbonyl (C=O) groups is 2. The second-order valence-corrected chi connectivity index (χ2v) is 8.16. The van der Waals surface area contributed by atoms with Crippen molar-refractivity contribution in [2.24, 2.45) is 0 Å². The van der Waals surface area contributed by atoms with Crippen LogP contribution in [0.25, 0.3) is 0 Å². The molecule has 2 aromatic carbocycles. The van der Waals surface area contributed by atoms with Crippen LogP contribution in [0.1, 0.15) is 45.6 Å². The number of ether oxygens (including phenoxy) is 1. The smallest absolute Gasteiger partial charge is 0.242 e. The first-order valence-electron chi connectivity index (χ1n) is 10.9. The summed E-state index contributed by atoms with van der Waals surface area (Å²) in [5.74, 6) is 0.565. The van der Waals surface area contributed by atoms with Crippen molar-refractivity contribution in [1.29, 1.82) is 0 Å². The molecule has 0 fully saturated rings. The fourth-order valence-electron chi connectivity index (χ4n) is 3.12. The summed E-state index contributed by atoms with van der Waals surface area (Å²) in [7, 11) is 0. The summed E-state index contributed by atoms with van der Waals surface area (Å²) in [5, 5.41) is 3.64. The van der Waals surface area contributed by atoms with Crippen LogP contribution in [-0.4, -0.2) is 41.9 Å². The second-order valence-electron chi connectivity index (χ2n) is 7.72. The normalized spacial score (nSPS) is 12.6. The quantitative estimate of drug-likeness (QED) is 0.475. The minimum Gasteiger partial charge on any atom is -0.494 e. The lowest BCUT2D eigenvalue weighted by atomic mass is 10.1. The number of halogens is 1. The average Bonchev–Trinajstić information content (AvgIpc) is 2.78. The Morgan fingerprint density at radius 2 is 1.74 bits per heavy atom. The number of benzene rings is 2. The fourth-order valence-corrected chi connectivity index (χ4v) is 3.25. The lowest BCUT2D eigenvalue weighted by Gasteiger charge is -2.29. The van der Waals surface area contributed by atoms with Gasteiger partial charge in [-0.3, -0.25) is 9.59 Å². The number of nitrogens with zero attached hydrogens (tertiary/aromatic N) is 1. The van der Waals surface area contributed by atoms with E-state index < -0.39 is 6.04 Å². The molecule has 0 radical (unpaired) electrons. The van der Waals surface area contributed by atoms with Crippen LogP contribution < -0.4 is 10.1 Å². The first kappa shape index (κ1) is 24.7. The molecule has 0 spiro atoms. The first-order valence-corrected chi connectivity index (χ1v) is 11.3. The van der Waals surface area contributed by atoms with Crippen LogP contribution in [0.3, 0.4) is 0 Å². The molecule has 0 unspecified atom stereocenters. The molecule has 0 aliphatic rings. The van der Waals surface area contributed by atoms with Crippen molar-refractivity contribution in [2.45, 2.75) is 58.5 Å². The van der Waals surface area contributed by atoms with Crippen molar-refractivity contribution in [2.75, 3.05) is 13.2 Å². The summed E-state index contributed by atoms with van der Waals surface area (Å²) in [6, 6.07) is 16.7. The van der Waals surface area contributed by atoms with Gasteiger partial charge in [-0.05, 0) is 62.9 Å². The lowest BCUT2D eigenvalue weighted by Crippen LogP contribution is -2.50. The summed E-state index contributed by atoms with van der Waals surface area (Å²) >= 11 is 5.88. The lowest BCUT2D eigenvalue weighted by molar-refractivity contribution is -0.140. The van der Waals surface area contributed by atoms with Gasteiger partial charge in [-0.2, -0.15) is 0 Å². The molecule has 2 rings (SSSR count). The molecule has 2 aromatic rings. The van der Waals surface area contributed by atoms with E-state index in [-0.39, 0.29) is 17.9 Å². The Labute approximate surface area is 190 Å². The summed E-state index contributed by atoms with van der Waals surface area (Å²) in [5.41, 5.74) is 1.14. The highest BCUT2D eigenvalue weighted by molar-refractivity contribution is 6.30. The molecule has 1 N–H and O–H groups in total. The van der Waals surface area contributed by atoms with E-state index >= 15 is 0 Å².